The molecular formula is C30H48N4O4. The number of rotatable bonds is 6. The van der Waals surface area contributed by atoms with Crippen LogP contribution in [0, 0.1) is 17.3 Å². The molecule has 3 aliphatic heterocycles. The van der Waals surface area contributed by atoms with Crippen molar-refractivity contribution in [1.82, 2.24) is 19.6 Å². The maximum atomic E-state index is 13.6. The van der Waals surface area contributed by atoms with Gasteiger partial charge in [0.1, 0.15) is 11.7 Å². The Morgan fingerprint density at radius 2 is 1.74 bits per heavy atom. The van der Waals surface area contributed by atoms with Crippen molar-refractivity contribution in [2.45, 2.75) is 102 Å². The van der Waals surface area contributed by atoms with E-state index < -0.39 is 11.0 Å². The van der Waals surface area contributed by atoms with E-state index in [-0.39, 0.29) is 36.2 Å². The molecule has 3 atom stereocenters. The lowest BCUT2D eigenvalue weighted by Gasteiger charge is -2.54. The fraction of sp³-hybridized carbons (Fsp3) is 0.833. The Balaban J connectivity index is 1.33. The summed E-state index contributed by atoms with van der Waals surface area (Å²) in [4.78, 5) is 47.3. The molecule has 0 aromatic carbocycles. The molecule has 2 saturated carbocycles. The van der Waals surface area contributed by atoms with E-state index in [0.29, 0.717) is 37.7 Å². The van der Waals surface area contributed by atoms with E-state index >= 15 is 0 Å². The Hall–Kier alpha value is -2.09. The number of aliphatic hydroxyl groups is 1. The molecule has 2 aliphatic carbocycles. The first kappa shape index (κ1) is 27.5. The number of nitrogens with zero attached hydrogens (tertiary/aromatic N) is 4. The van der Waals surface area contributed by atoms with Gasteiger partial charge in [0.05, 0.1) is 12.1 Å². The van der Waals surface area contributed by atoms with Crippen molar-refractivity contribution in [3.63, 3.8) is 0 Å². The van der Waals surface area contributed by atoms with Gasteiger partial charge < -0.3 is 24.7 Å². The number of carbonyl (C=O) groups excluding carboxylic acids is 3. The van der Waals surface area contributed by atoms with Crippen LogP contribution in [0.1, 0.15) is 90.4 Å². The third kappa shape index (κ3) is 4.98. The fourth-order valence-electron chi connectivity index (χ4n) is 8.22. The second kappa shape index (κ2) is 10.8. The molecule has 0 bridgehead atoms. The van der Waals surface area contributed by atoms with Crippen LogP contribution >= 0.6 is 0 Å². The largest absolute Gasteiger partial charge is 0.387 e. The van der Waals surface area contributed by atoms with Crippen LogP contribution in [-0.4, -0.2) is 94.3 Å². The van der Waals surface area contributed by atoms with Gasteiger partial charge in [0.25, 0.3) is 5.91 Å². The second-order valence-corrected chi connectivity index (χ2v) is 13.2. The molecular weight excluding hydrogens is 480 g/mol. The lowest BCUT2D eigenvalue weighted by molar-refractivity contribution is -0.168. The topological polar surface area (TPSA) is 84.4 Å². The summed E-state index contributed by atoms with van der Waals surface area (Å²) >= 11 is 0. The first-order valence-electron chi connectivity index (χ1n) is 15.2. The summed E-state index contributed by atoms with van der Waals surface area (Å²) < 4.78 is 0. The molecule has 1 unspecified atom stereocenters. The second-order valence-electron chi connectivity index (χ2n) is 13.2. The Morgan fingerprint density at radius 1 is 1.03 bits per heavy atom. The standard InChI is InChI=1S/C30H48N4O4/c1-22(18-23-10-5-4-6-11-23)26(35)32-17-15-30(38,29(20-32)13-7-8-14-29)21-33-19-25(27(36)31(2)3)34-16-9-12-24(34)28(33)37/h19,22-24,38H,4-18,20-21H2,1-3H3/t22-,24?,30+/m1/s1. The number of hydrogen-bond donors (Lipinski definition) is 1. The van der Waals surface area contributed by atoms with E-state index in [1.54, 1.807) is 30.1 Å². The van der Waals surface area contributed by atoms with Crippen molar-refractivity contribution in [2.75, 3.05) is 40.3 Å². The summed E-state index contributed by atoms with van der Waals surface area (Å²) in [5.74, 6) is 0.792. The lowest BCUT2D eigenvalue weighted by Crippen LogP contribution is -2.65. The van der Waals surface area contributed by atoms with Crippen molar-refractivity contribution in [2.24, 2.45) is 17.3 Å². The van der Waals surface area contributed by atoms with Crippen LogP contribution in [0.25, 0.3) is 0 Å². The monoisotopic (exact) mass is 528 g/mol. The third-order valence-corrected chi connectivity index (χ3v) is 10.4. The number of fused-ring (bicyclic) bond motifs is 1. The average Bonchev–Trinajstić information content (AvgIpc) is 3.58. The first-order chi connectivity index (χ1) is 18.1. The van der Waals surface area contributed by atoms with E-state index in [0.717, 1.165) is 44.9 Å². The molecule has 8 heteroatoms. The molecule has 1 N–H and O–H groups in total. The Labute approximate surface area is 228 Å². The van der Waals surface area contributed by atoms with Crippen LogP contribution in [0.5, 0.6) is 0 Å². The summed E-state index contributed by atoms with van der Waals surface area (Å²) in [6.45, 7) is 4.09. The molecule has 8 nitrogen and oxygen atoms in total. The van der Waals surface area contributed by atoms with Crippen LogP contribution < -0.4 is 0 Å². The lowest BCUT2D eigenvalue weighted by atomic mass is 9.65. The summed E-state index contributed by atoms with van der Waals surface area (Å²) in [5.41, 5.74) is -0.935. The van der Waals surface area contributed by atoms with Crippen molar-refractivity contribution in [3.05, 3.63) is 11.9 Å². The SMILES string of the molecule is C[C@H](CC1CCCCC1)C(=O)N1CC[C@](O)(CN2C=C(C(=O)N(C)C)N3CCCC3C2=O)C2(CCCC2)C1. The molecule has 0 aromatic rings. The molecule has 2 saturated heterocycles. The van der Waals surface area contributed by atoms with Crippen LogP contribution in [0.4, 0.5) is 0 Å². The number of likely N-dealkylation sites (N-methyl/N-ethyl adjacent to an activating group) is 1. The van der Waals surface area contributed by atoms with E-state index in [2.05, 4.69) is 6.92 Å². The highest BCUT2D eigenvalue weighted by Crippen LogP contribution is 2.52. The molecule has 3 heterocycles. The number of hydrogen-bond acceptors (Lipinski definition) is 5. The molecule has 1 spiro atoms. The van der Waals surface area contributed by atoms with E-state index in [4.69, 9.17) is 0 Å². The van der Waals surface area contributed by atoms with Crippen molar-refractivity contribution >= 4 is 17.7 Å². The van der Waals surface area contributed by atoms with Gasteiger partial charge in [-0.05, 0) is 44.4 Å². The highest BCUT2D eigenvalue weighted by atomic mass is 16.3. The molecule has 0 aromatic heterocycles. The molecule has 3 amide bonds. The molecule has 4 fully saturated rings. The predicted octanol–water partition coefficient (Wildman–Crippen LogP) is 3.35. The molecule has 0 radical (unpaired) electrons. The maximum absolute atomic E-state index is 13.6. The summed E-state index contributed by atoms with van der Waals surface area (Å²) in [6.07, 6.45) is 14.9. The quantitative estimate of drug-likeness (QED) is 0.572. The zero-order valence-corrected chi connectivity index (χ0v) is 23.8. The molecule has 5 rings (SSSR count). The van der Waals surface area contributed by atoms with Gasteiger partial charge in [-0.1, -0.05) is 51.9 Å². The minimum atomic E-state index is -1.08. The smallest absolute Gasteiger partial charge is 0.271 e. The molecule has 5 aliphatic rings. The van der Waals surface area contributed by atoms with E-state index in [9.17, 15) is 19.5 Å². The van der Waals surface area contributed by atoms with Crippen LogP contribution in [-0.2, 0) is 14.4 Å². The van der Waals surface area contributed by atoms with Crippen molar-refractivity contribution < 1.29 is 19.5 Å². The molecule has 212 valence electrons. The van der Waals surface area contributed by atoms with Gasteiger partial charge in [0.15, 0.2) is 0 Å². The summed E-state index contributed by atoms with van der Waals surface area (Å²) in [7, 11) is 3.47. The van der Waals surface area contributed by atoms with Crippen LogP contribution in [0.15, 0.2) is 11.9 Å². The number of amides is 3. The third-order valence-electron chi connectivity index (χ3n) is 10.4. The number of carbonyl (C=O) groups is 3. The van der Waals surface area contributed by atoms with Gasteiger partial charge in [-0.25, -0.2) is 0 Å². The van der Waals surface area contributed by atoms with Gasteiger partial charge in [-0.3, -0.25) is 14.4 Å². The minimum Gasteiger partial charge on any atom is -0.387 e. The normalized spacial score (nSPS) is 30.4. The number of likely N-dealkylation sites (tertiary alicyclic amines) is 1. The van der Waals surface area contributed by atoms with Gasteiger partial charge in [-0.2, -0.15) is 0 Å². The zero-order valence-electron chi connectivity index (χ0n) is 23.8. The Bertz CT molecular complexity index is 952. The van der Waals surface area contributed by atoms with Gasteiger partial charge in [0, 0.05) is 51.3 Å². The Kier molecular flexibility index (Phi) is 7.82. The zero-order chi connectivity index (χ0) is 27.1. The maximum Gasteiger partial charge on any atom is 0.271 e. The number of piperidine rings is 1. The fourth-order valence-corrected chi connectivity index (χ4v) is 8.22. The number of β-amino-alcohol motifs (C(OH)–C–C–N with tert-alkyl or cyclic N) is 1. The van der Waals surface area contributed by atoms with Crippen molar-refractivity contribution in [1.29, 1.82) is 0 Å². The minimum absolute atomic E-state index is 0.0148. The van der Waals surface area contributed by atoms with Gasteiger partial charge in [0.2, 0.25) is 11.8 Å². The summed E-state index contributed by atoms with van der Waals surface area (Å²) in [6, 6.07) is -0.329. The highest BCUT2D eigenvalue weighted by Gasteiger charge is 2.57. The van der Waals surface area contributed by atoms with Crippen molar-refractivity contribution in [3.8, 4) is 0 Å². The van der Waals surface area contributed by atoms with Gasteiger partial charge >= 0.3 is 0 Å². The van der Waals surface area contributed by atoms with E-state index in [1.165, 1.54) is 32.1 Å². The summed E-state index contributed by atoms with van der Waals surface area (Å²) in [5, 5.41) is 12.3. The van der Waals surface area contributed by atoms with Gasteiger partial charge in [-0.15, -0.1) is 0 Å². The van der Waals surface area contributed by atoms with Crippen LogP contribution in [0.3, 0.4) is 0 Å². The highest BCUT2D eigenvalue weighted by molar-refractivity contribution is 5.96. The predicted molar refractivity (Wildman–Crippen MR) is 146 cm³/mol. The van der Waals surface area contributed by atoms with Crippen LogP contribution in [0.2, 0.25) is 0 Å². The Morgan fingerprint density at radius 3 is 2.42 bits per heavy atom. The first-order valence-corrected chi connectivity index (χ1v) is 15.2. The average molecular weight is 529 g/mol. The molecule has 38 heavy (non-hydrogen) atoms. The van der Waals surface area contributed by atoms with E-state index in [1.807, 2.05) is 9.80 Å².